The third-order valence-corrected chi connectivity index (χ3v) is 6.49. The van der Waals surface area contributed by atoms with Gasteiger partial charge in [-0.05, 0) is 68.9 Å². The van der Waals surface area contributed by atoms with Crippen LogP contribution >= 0.6 is 11.6 Å². The number of piperidine rings is 1. The molecule has 0 aromatic heterocycles. The maximum Gasteiger partial charge on any atom is 0.417 e. The van der Waals surface area contributed by atoms with Gasteiger partial charge in [-0.1, -0.05) is 42.1 Å². The highest BCUT2D eigenvalue weighted by Gasteiger charge is 2.36. The Bertz CT molecular complexity index is 927. The molecule has 0 radical (unpaired) electrons. The molecule has 0 spiro atoms. The minimum absolute atomic E-state index is 0.00891. The molecule has 1 N–H and O–H groups in total. The first-order chi connectivity index (χ1) is 14.5. The summed E-state index contributed by atoms with van der Waals surface area (Å²) in [7, 11) is 0. The number of carbonyl (C=O) groups excluding carboxylic acids is 2. The molecule has 158 valence electrons. The highest BCUT2D eigenvalue weighted by atomic mass is 35.5. The van der Waals surface area contributed by atoms with E-state index in [-0.39, 0.29) is 5.91 Å². The number of hydrogen-bond acceptors (Lipinski definition) is 3. The molecule has 6 heteroatoms. The molecule has 2 fully saturated rings. The highest BCUT2D eigenvalue weighted by Crippen LogP contribution is 2.36. The number of nitrogens with one attached hydrogen (secondary N) is 1. The predicted octanol–water partition coefficient (Wildman–Crippen LogP) is 6.05. The van der Waals surface area contributed by atoms with Crippen molar-refractivity contribution in [2.45, 2.75) is 51.5 Å². The van der Waals surface area contributed by atoms with E-state index in [2.05, 4.69) is 5.32 Å². The molecule has 1 aliphatic heterocycles. The summed E-state index contributed by atoms with van der Waals surface area (Å²) in [6.45, 7) is 2.76. The Balaban J connectivity index is 1.43. The Morgan fingerprint density at radius 3 is 2.53 bits per heavy atom. The Labute approximate surface area is 182 Å². The number of carbonyl (C=O) groups is 2. The smallest absolute Gasteiger partial charge is 0.410 e. The molecule has 1 saturated heterocycles. The molecule has 0 unspecified atom stereocenters. The Hall–Kier alpha value is -2.53. The second kappa shape index (κ2) is 9.09. The van der Waals surface area contributed by atoms with Crippen LogP contribution in [0.5, 0.6) is 5.75 Å². The van der Waals surface area contributed by atoms with E-state index >= 15 is 0 Å². The number of benzene rings is 2. The van der Waals surface area contributed by atoms with E-state index < -0.39 is 6.09 Å². The largest absolute Gasteiger partial charge is 0.417 e. The number of anilines is 1. The summed E-state index contributed by atoms with van der Waals surface area (Å²) in [6.07, 6.45) is 6.42. The molecular formula is C24H27ClN2O3. The summed E-state index contributed by atoms with van der Waals surface area (Å²) in [5.41, 5.74) is 2.06. The van der Waals surface area contributed by atoms with E-state index in [1.807, 2.05) is 24.0 Å². The summed E-state index contributed by atoms with van der Waals surface area (Å²) in [5.74, 6) is 1.07. The van der Waals surface area contributed by atoms with Gasteiger partial charge >= 0.3 is 6.09 Å². The lowest BCUT2D eigenvalue weighted by atomic mass is 9.78. The molecule has 2 amide bonds. The van der Waals surface area contributed by atoms with Gasteiger partial charge in [-0.15, -0.1) is 0 Å². The van der Waals surface area contributed by atoms with Crippen LogP contribution < -0.4 is 10.1 Å². The fraction of sp³-hybridized carbons (Fsp3) is 0.417. The van der Waals surface area contributed by atoms with Gasteiger partial charge in [-0.3, -0.25) is 10.1 Å². The van der Waals surface area contributed by atoms with Gasteiger partial charge in [0.25, 0.3) is 5.91 Å². The van der Waals surface area contributed by atoms with Crippen molar-refractivity contribution in [1.29, 1.82) is 0 Å². The van der Waals surface area contributed by atoms with Crippen LogP contribution in [0.3, 0.4) is 0 Å². The molecule has 2 aliphatic rings. The van der Waals surface area contributed by atoms with Crippen LogP contribution in [-0.2, 0) is 0 Å². The SMILES string of the molecule is Cc1ccc(OC(=O)Nc2ccc(C(=O)N3CCC[C@H]4CCCC[C@H]43)c(Cl)c2)cc1. The van der Waals surface area contributed by atoms with E-state index in [9.17, 15) is 9.59 Å². The normalized spacial score (nSPS) is 20.9. The molecule has 1 heterocycles. The summed E-state index contributed by atoms with van der Waals surface area (Å²) < 4.78 is 5.28. The minimum atomic E-state index is -0.602. The van der Waals surface area contributed by atoms with Crippen molar-refractivity contribution in [3.63, 3.8) is 0 Å². The number of rotatable bonds is 3. The zero-order valence-electron chi connectivity index (χ0n) is 17.2. The van der Waals surface area contributed by atoms with Crippen molar-refractivity contribution in [1.82, 2.24) is 4.90 Å². The van der Waals surface area contributed by atoms with Crippen molar-refractivity contribution >= 4 is 29.3 Å². The first-order valence-electron chi connectivity index (χ1n) is 10.7. The van der Waals surface area contributed by atoms with Crippen LogP contribution in [0.2, 0.25) is 5.02 Å². The van der Waals surface area contributed by atoms with E-state index in [1.54, 1.807) is 30.3 Å². The first kappa shape index (κ1) is 20.7. The molecule has 2 aromatic carbocycles. The van der Waals surface area contributed by atoms with Crippen LogP contribution in [-0.4, -0.2) is 29.5 Å². The number of hydrogen-bond donors (Lipinski definition) is 1. The molecule has 2 atom stereocenters. The van der Waals surface area contributed by atoms with Crippen LogP contribution in [0.25, 0.3) is 0 Å². The molecule has 0 bridgehead atoms. The molecule has 1 saturated carbocycles. The Kier molecular flexibility index (Phi) is 6.28. The van der Waals surface area contributed by atoms with Crippen molar-refractivity contribution in [3.05, 3.63) is 58.6 Å². The number of likely N-dealkylation sites (tertiary alicyclic amines) is 1. The third-order valence-electron chi connectivity index (χ3n) is 6.18. The van der Waals surface area contributed by atoms with Crippen molar-refractivity contribution in [3.8, 4) is 5.75 Å². The maximum atomic E-state index is 13.2. The highest BCUT2D eigenvalue weighted by molar-refractivity contribution is 6.34. The summed E-state index contributed by atoms with van der Waals surface area (Å²) >= 11 is 6.44. The number of ether oxygens (including phenoxy) is 1. The summed E-state index contributed by atoms with van der Waals surface area (Å²) in [6, 6.07) is 12.5. The summed E-state index contributed by atoms with van der Waals surface area (Å²) in [5, 5.41) is 3.01. The maximum absolute atomic E-state index is 13.2. The number of halogens is 1. The van der Waals surface area contributed by atoms with E-state index in [4.69, 9.17) is 16.3 Å². The van der Waals surface area contributed by atoms with E-state index in [0.717, 1.165) is 24.9 Å². The van der Waals surface area contributed by atoms with E-state index in [1.165, 1.54) is 25.7 Å². The van der Waals surface area contributed by atoms with Crippen LogP contribution in [0.15, 0.2) is 42.5 Å². The lowest BCUT2D eigenvalue weighted by Crippen LogP contribution is -2.49. The van der Waals surface area contributed by atoms with Gasteiger partial charge in [0.1, 0.15) is 5.75 Å². The number of amides is 2. The zero-order chi connectivity index (χ0) is 21.1. The van der Waals surface area contributed by atoms with Crippen molar-refractivity contribution in [2.75, 3.05) is 11.9 Å². The number of fused-ring (bicyclic) bond motifs is 1. The molecule has 30 heavy (non-hydrogen) atoms. The first-order valence-corrected chi connectivity index (χ1v) is 11.0. The van der Waals surface area contributed by atoms with Crippen LogP contribution in [0.1, 0.15) is 54.4 Å². The second-order valence-corrected chi connectivity index (χ2v) is 8.68. The van der Waals surface area contributed by atoms with Gasteiger partial charge in [-0.2, -0.15) is 0 Å². The Morgan fingerprint density at radius 1 is 1.03 bits per heavy atom. The van der Waals surface area contributed by atoms with Gasteiger partial charge in [0, 0.05) is 18.3 Å². The van der Waals surface area contributed by atoms with Gasteiger partial charge in [0.15, 0.2) is 0 Å². The molecule has 4 rings (SSSR count). The molecule has 5 nitrogen and oxygen atoms in total. The van der Waals surface area contributed by atoms with Crippen molar-refractivity contribution < 1.29 is 14.3 Å². The van der Waals surface area contributed by atoms with Gasteiger partial charge in [0.05, 0.1) is 10.6 Å². The van der Waals surface area contributed by atoms with E-state index in [0.29, 0.717) is 34.0 Å². The van der Waals surface area contributed by atoms with Gasteiger partial charge < -0.3 is 9.64 Å². The fourth-order valence-corrected chi connectivity index (χ4v) is 4.92. The average Bonchev–Trinajstić information content (AvgIpc) is 2.74. The quantitative estimate of drug-likeness (QED) is 0.649. The molecule has 1 aliphatic carbocycles. The van der Waals surface area contributed by atoms with Crippen LogP contribution in [0, 0.1) is 12.8 Å². The monoisotopic (exact) mass is 426 g/mol. The topological polar surface area (TPSA) is 58.6 Å². The number of aryl methyl sites for hydroxylation is 1. The van der Waals surface area contributed by atoms with Gasteiger partial charge in [0.2, 0.25) is 0 Å². The Morgan fingerprint density at radius 2 is 1.77 bits per heavy atom. The standard InChI is InChI=1S/C24H27ClN2O3/c1-16-8-11-19(12-9-16)30-24(29)26-18-10-13-20(21(25)15-18)23(28)27-14-4-6-17-5-2-3-7-22(17)27/h8-13,15,17,22H,2-7,14H2,1H3,(H,26,29)/t17-,22-/m1/s1. The van der Waals surface area contributed by atoms with Gasteiger partial charge in [-0.25, -0.2) is 4.79 Å². The minimum Gasteiger partial charge on any atom is -0.410 e. The molecular weight excluding hydrogens is 400 g/mol. The molecule has 2 aromatic rings. The van der Waals surface area contributed by atoms with Crippen molar-refractivity contribution in [2.24, 2.45) is 5.92 Å². The fourth-order valence-electron chi connectivity index (χ4n) is 4.65. The van der Waals surface area contributed by atoms with Crippen LogP contribution in [0.4, 0.5) is 10.5 Å². The lowest BCUT2D eigenvalue weighted by Gasteiger charge is -2.44. The predicted molar refractivity (Wildman–Crippen MR) is 118 cm³/mol. The number of nitrogens with zero attached hydrogens (tertiary/aromatic N) is 1. The second-order valence-electron chi connectivity index (χ2n) is 8.27. The summed E-state index contributed by atoms with van der Waals surface area (Å²) in [4.78, 5) is 27.4. The third kappa shape index (κ3) is 4.62. The zero-order valence-corrected chi connectivity index (χ0v) is 18.0. The average molecular weight is 427 g/mol. The lowest BCUT2D eigenvalue weighted by molar-refractivity contribution is 0.0391.